The number of hydrogen-bond donors (Lipinski definition) is 1. The van der Waals surface area contributed by atoms with Gasteiger partial charge >= 0.3 is 0 Å². The number of hydrogen-bond acceptors (Lipinski definition) is 2. The second-order valence-corrected chi connectivity index (χ2v) is 5.30. The number of rotatable bonds is 7. The Morgan fingerprint density at radius 2 is 1.62 bits per heavy atom. The van der Waals surface area contributed by atoms with Gasteiger partial charge in [-0.3, -0.25) is 0 Å². The number of nitrogens with zero attached hydrogens (tertiary/aromatic N) is 1. The van der Waals surface area contributed by atoms with E-state index >= 15 is 0 Å². The van der Waals surface area contributed by atoms with E-state index in [9.17, 15) is 0 Å². The Kier molecular flexibility index (Phi) is 6.37. The molecule has 1 saturated heterocycles. The maximum absolute atomic E-state index is 3.49. The normalized spacial score (nSPS) is 21.2. The SMILES string of the molecule is CCCNCCN1CCC(CC)(CC)CC1. The first-order valence-electron chi connectivity index (χ1n) is 7.19. The molecule has 2 heteroatoms. The van der Waals surface area contributed by atoms with Crippen molar-refractivity contribution in [3.63, 3.8) is 0 Å². The Bertz CT molecular complexity index is 166. The molecule has 0 amide bonds. The van der Waals surface area contributed by atoms with Gasteiger partial charge in [-0.2, -0.15) is 0 Å². The summed E-state index contributed by atoms with van der Waals surface area (Å²) in [5, 5.41) is 3.49. The summed E-state index contributed by atoms with van der Waals surface area (Å²) in [5.41, 5.74) is 0.674. The van der Waals surface area contributed by atoms with Gasteiger partial charge in [0.2, 0.25) is 0 Å². The van der Waals surface area contributed by atoms with Crippen molar-refractivity contribution in [2.45, 2.75) is 52.9 Å². The van der Waals surface area contributed by atoms with Crippen molar-refractivity contribution in [1.82, 2.24) is 10.2 Å². The standard InChI is InChI=1S/C14H30N2/c1-4-9-15-10-13-16-11-7-14(5-2,6-3)8-12-16/h15H,4-13H2,1-3H3. The third-order valence-electron chi connectivity index (χ3n) is 4.45. The zero-order chi connectivity index (χ0) is 11.9. The lowest BCUT2D eigenvalue weighted by molar-refractivity contribution is 0.0961. The van der Waals surface area contributed by atoms with Gasteiger partial charge in [-0.25, -0.2) is 0 Å². The first-order chi connectivity index (χ1) is 7.76. The van der Waals surface area contributed by atoms with E-state index in [-0.39, 0.29) is 0 Å². The summed E-state index contributed by atoms with van der Waals surface area (Å²) in [6.07, 6.45) is 6.80. The van der Waals surface area contributed by atoms with Crippen molar-refractivity contribution >= 4 is 0 Å². The Morgan fingerprint density at radius 3 is 2.12 bits per heavy atom. The minimum Gasteiger partial charge on any atom is -0.315 e. The van der Waals surface area contributed by atoms with Gasteiger partial charge < -0.3 is 10.2 Å². The molecule has 0 aliphatic carbocycles. The average molecular weight is 226 g/mol. The molecule has 0 aromatic heterocycles. The Morgan fingerprint density at radius 1 is 1.00 bits per heavy atom. The van der Waals surface area contributed by atoms with Crippen LogP contribution in [0.1, 0.15) is 52.9 Å². The van der Waals surface area contributed by atoms with Gasteiger partial charge in [-0.1, -0.05) is 33.6 Å². The molecule has 1 N–H and O–H groups in total. The van der Waals surface area contributed by atoms with Crippen LogP contribution in [0.4, 0.5) is 0 Å². The highest BCUT2D eigenvalue weighted by molar-refractivity contribution is 4.84. The average Bonchev–Trinajstić information content (AvgIpc) is 2.36. The molecule has 16 heavy (non-hydrogen) atoms. The Labute approximate surface area is 102 Å². The lowest BCUT2D eigenvalue weighted by Gasteiger charge is -2.41. The molecule has 1 aliphatic rings. The smallest absolute Gasteiger partial charge is 0.0107 e. The number of nitrogens with one attached hydrogen (secondary N) is 1. The summed E-state index contributed by atoms with van der Waals surface area (Å²) in [6.45, 7) is 13.2. The van der Waals surface area contributed by atoms with E-state index in [1.807, 2.05) is 0 Å². The molecular formula is C14H30N2. The molecule has 1 heterocycles. The molecule has 1 rings (SSSR count). The molecule has 0 spiro atoms. The van der Waals surface area contributed by atoms with Crippen molar-refractivity contribution in [2.24, 2.45) is 5.41 Å². The van der Waals surface area contributed by atoms with Crippen LogP contribution in [0, 0.1) is 5.41 Å². The zero-order valence-electron chi connectivity index (χ0n) is 11.5. The van der Waals surface area contributed by atoms with E-state index in [1.165, 1.54) is 64.8 Å². The van der Waals surface area contributed by atoms with Crippen LogP contribution in [0.2, 0.25) is 0 Å². The molecule has 0 unspecified atom stereocenters. The van der Waals surface area contributed by atoms with Crippen molar-refractivity contribution in [3.8, 4) is 0 Å². The van der Waals surface area contributed by atoms with Crippen molar-refractivity contribution in [3.05, 3.63) is 0 Å². The Hall–Kier alpha value is -0.0800. The highest BCUT2D eigenvalue weighted by Gasteiger charge is 2.30. The Balaban J connectivity index is 2.16. The second-order valence-electron chi connectivity index (χ2n) is 5.30. The van der Waals surface area contributed by atoms with Crippen LogP contribution in [-0.4, -0.2) is 37.6 Å². The highest BCUT2D eigenvalue weighted by atomic mass is 15.1. The summed E-state index contributed by atoms with van der Waals surface area (Å²) in [4.78, 5) is 2.63. The second kappa shape index (κ2) is 7.29. The van der Waals surface area contributed by atoms with Gasteiger partial charge in [0.15, 0.2) is 0 Å². The van der Waals surface area contributed by atoms with Crippen LogP contribution in [0.15, 0.2) is 0 Å². The molecule has 0 aromatic carbocycles. The topological polar surface area (TPSA) is 15.3 Å². The summed E-state index contributed by atoms with van der Waals surface area (Å²) in [5.74, 6) is 0. The predicted molar refractivity (Wildman–Crippen MR) is 71.8 cm³/mol. The van der Waals surface area contributed by atoms with Crippen LogP contribution in [0.3, 0.4) is 0 Å². The molecule has 2 nitrogen and oxygen atoms in total. The minimum atomic E-state index is 0.674. The van der Waals surface area contributed by atoms with Gasteiger partial charge in [0.05, 0.1) is 0 Å². The highest BCUT2D eigenvalue weighted by Crippen LogP contribution is 2.37. The van der Waals surface area contributed by atoms with Crippen molar-refractivity contribution in [2.75, 3.05) is 32.7 Å². The monoisotopic (exact) mass is 226 g/mol. The molecule has 0 radical (unpaired) electrons. The largest absolute Gasteiger partial charge is 0.315 e. The maximum Gasteiger partial charge on any atom is 0.0107 e. The van der Waals surface area contributed by atoms with E-state index in [2.05, 4.69) is 31.0 Å². The fourth-order valence-electron chi connectivity index (χ4n) is 2.75. The summed E-state index contributed by atoms with van der Waals surface area (Å²) < 4.78 is 0. The predicted octanol–water partition coefficient (Wildman–Crippen LogP) is 2.89. The molecule has 1 aliphatic heterocycles. The van der Waals surface area contributed by atoms with Gasteiger partial charge in [0, 0.05) is 13.1 Å². The van der Waals surface area contributed by atoms with Crippen LogP contribution in [-0.2, 0) is 0 Å². The molecule has 96 valence electrons. The molecule has 0 aromatic rings. The van der Waals surface area contributed by atoms with E-state index in [1.54, 1.807) is 0 Å². The van der Waals surface area contributed by atoms with E-state index in [4.69, 9.17) is 0 Å². The maximum atomic E-state index is 3.49. The first-order valence-corrected chi connectivity index (χ1v) is 7.19. The van der Waals surface area contributed by atoms with Crippen LogP contribution < -0.4 is 5.32 Å². The molecular weight excluding hydrogens is 196 g/mol. The van der Waals surface area contributed by atoms with Crippen LogP contribution >= 0.6 is 0 Å². The van der Waals surface area contributed by atoms with E-state index in [0.29, 0.717) is 5.41 Å². The zero-order valence-corrected chi connectivity index (χ0v) is 11.5. The molecule has 0 atom stereocenters. The van der Waals surface area contributed by atoms with Crippen LogP contribution in [0.5, 0.6) is 0 Å². The van der Waals surface area contributed by atoms with Crippen molar-refractivity contribution in [1.29, 1.82) is 0 Å². The molecule has 0 saturated carbocycles. The molecule has 1 fully saturated rings. The lowest BCUT2D eigenvalue weighted by Crippen LogP contribution is -2.42. The summed E-state index contributed by atoms with van der Waals surface area (Å²) in [6, 6.07) is 0. The van der Waals surface area contributed by atoms with Crippen LogP contribution in [0.25, 0.3) is 0 Å². The summed E-state index contributed by atoms with van der Waals surface area (Å²) in [7, 11) is 0. The third kappa shape index (κ3) is 4.06. The molecule has 0 bridgehead atoms. The fourth-order valence-corrected chi connectivity index (χ4v) is 2.75. The van der Waals surface area contributed by atoms with Gasteiger partial charge in [-0.05, 0) is 44.3 Å². The summed E-state index contributed by atoms with van der Waals surface area (Å²) >= 11 is 0. The third-order valence-corrected chi connectivity index (χ3v) is 4.45. The van der Waals surface area contributed by atoms with Gasteiger partial charge in [0.1, 0.15) is 0 Å². The van der Waals surface area contributed by atoms with Gasteiger partial charge in [0.25, 0.3) is 0 Å². The van der Waals surface area contributed by atoms with E-state index < -0.39 is 0 Å². The minimum absolute atomic E-state index is 0.674. The lowest BCUT2D eigenvalue weighted by atomic mass is 9.74. The number of piperidine rings is 1. The van der Waals surface area contributed by atoms with E-state index in [0.717, 1.165) is 0 Å². The number of likely N-dealkylation sites (tertiary alicyclic amines) is 1. The quantitative estimate of drug-likeness (QED) is 0.672. The van der Waals surface area contributed by atoms with Gasteiger partial charge in [-0.15, -0.1) is 0 Å². The van der Waals surface area contributed by atoms with Crippen molar-refractivity contribution < 1.29 is 0 Å². The first kappa shape index (κ1) is 14.0. The fraction of sp³-hybridized carbons (Fsp3) is 1.00.